The van der Waals surface area contributed by atoms with Crippen LogP contribution in [0.5, 0.6) is 0 Å². The Morgan fingerprint density at radius 3 is 2.22 bits per heavy atom. The van der Waals surface area contributed by atoms with Gasteiger partial charge in [-0.25, -0.2) is 4.39 Å². The van der Waals surface area contributed by atoms with Crippen LogP contribution in [0.4, 0.5) is 4.39 Å². The molecular weight excluding hydrogens is 289 g/mol. The van der Waals surface area contributed by atoms with E-state index in [2.05, 4.69) is 18.4 Å². The Hall–Kier alpha value is -2.39. The highest BCUT2D eigenvalue weighted by Gasteiger charge is 2.19. The standard InChI is InChI=1S/C20H20FNO/c1-14(2)20-19(13-23)18(15-8-10-16(21)11-9-15)12-22(20)17-6-4-3-5-7-17/h3-12,14,23H,13H2,1-2H3. The summed E-state index contributed by atoms with van der Waals surface area (Å²) in [6.07, 6.45) is 2.03. The molecule has 0 aliphatic carbocycles. The van der Waals surface area contributed by atoms with Crippen molar-refractivity contribution in [1.82, 2.24) is 4.57 Å². The van der Waals surface area contributed by atoms with Crippen molar-refractivity contribution < 1.29 is 9.50 Å². The lowest BCUT2D eigenvalue weighted by Crippen LogP contribution is -2.03. The van der Waals surface area contributed by atoms with Gasteiger partial charge in [0, 0.05) is 28.7 Å². The van der Waals surface area contributed by atoms with Crippen molar-refractivity contribution in [3.05, 3.63) is 77.9 Å². The third-order valence-electron chi connectivity index (χ3n) is 4.05. The van der Waals surface area contributed by atoms with Crippen LogP contribution in [0, 0.1) is 5.82 Å². The molecule has 0 spiro atoms. The van der Waals surface area contributed by atoms with Crippen molar-refractivity contribution in [1.29, 1.82) is 0 Å². The number of hydrogen-bond donors (Lipinski definition) is 1. The van der Waals surface area contributed by atoms with E-state index in [0.717, 1.165) is 28.1 Å². The fourth-order valence-electron chi connectivity index (χ4n) is 3.03. The summed E-state index contributed by atoms with van der Waals surface area (Å²) >= 11 is 0. The van der Waals surface area contributed by atoms with Gasteiger partial charge in [-0.3, -0.25) is 0 Å². The van der Waals surface area contributed by atoms with Crippen LogP contribution in [0.15, 0.2) is 60.8 Å². The number of hydrogen-bond acceptors (Lipinski definition) is 1. The number of aliphatic hydroxyl groups is 1. The molecule has 3 rings (SSSR count). The van der Waals surface area contributed by atoms with Gasteiger partial charge < -0.3 is 9.67 Å². The summed E-state index contributed by atoms with van der Waals surface area (Å²) in [4.78, 5) is 0. The third-order valence-corrected chi connectivity index (χ3v) is 4.05. The largest absolute Gasteiger partial charge is 0.392 e. The lowest BCUT2D eigenvalue weighted by Gasteiger charge is -2.14. The average Bonchev–Trinajstić information content (AvgIpc) is 2.96. The van der Waals surface area contributed by atoms with Crippen LogP contribution in [0.25, 0.3) is 16.8 Å². The van der Waals surface area contributed by atoms with Gasteiger partial charge in [-0.15, -0.1) is 0 Å². The molecule has 0 atom stereocenters. The Bertz CT molecular complexity index is 789. The molecule has 0 aliphatic rings. The molecule has 0 bridgehead atoms. The molecule has 0 fully saturated rings. The number of aliphatic hydroxyl groups excluding tert-OH is 1. The fourth-order valence-corrected chi connectivity index (χ4v) is 3.03. The van der Waals surface area contributed by atoms with E-state index in [4.69, 9.17) is 0 Å². The van der Waals surface area contributed by atoms with E-state index in [1.807, 2.05) is 36.5 Å². The fraction of sp³-hybridized carbons (Fsp3) is 0.200. The summed E-state index contributed by atoms with van der Waals surface area (Å²) in [5, 5.41) is 9.94. The number of rotatable bonds is 4. The summed E-state index contributed by atoms with van der Waals surface area (Å²) in [6.45, 7) is 4.19. The molecule has 0 saturated carbocycles. The Morgan fingerprint density at radius 2 is 1.65 bits per heavy atom. The minimum absolute atomic E-state index is 0.0416. The highest BCUT2D eigenvalue weighted by atomic mass is 19.1. The van der Waals surface area contributed by atoms with Gasteiger partial charge in [0.1, 0.15) is 5.82 Å². The van der Waals surface area contributed by atoms with E-state index in [9.17, 15) is 9.50 Å². The molecule has 0 unspecified atom stereocenters. The molecule has 3 heteroatoms. The number of nitrogens with zero attached hydrogens (tertiary/aromatic N) is 1. The first kappa shape index (κ1) is 15.5. The predicted octanol–water partition coefficient (Wildman–Crippen LogP) is 4.90. The van der Waals surface area contributed by atoms with E-state index in [1.54, 1.807) is 12.1 Å². The second kappa shape index (κ2) is 6.39. The van der Waals surface area contributed by atoms with Gasteiger partial charge in [0.25, 0.3) is 0 Å². The molecule has 23 heavy (non-hydrogen) atoms. The SMILES string of the molecule is CC(C)c1c(CO)c(-c2ccc(F)cc2)cn1-c1ccccc1. The zero-order valence-corrected chi connectivity index (χ0v) is 13.3. The van der Waals surface area contributed by atoms with Gasteiger partial charge in [-0.05, 0) is 35.7 Å². The van der Waals surface area contributed by atoms with Gasteiger partial charge >= 0.3 is 0 Å². The quantitative estimate of drug-likeness (QED) is 0.728. The second-order valence-electron chi connectivity index (χ2n) is 5.93. The Balaban J connectivity index is 2.23. The van der Waals surface area contributed by atoms with E-state index < -0.39 is 0 Å². The summed E-state index contributed by atoms with van der Waals surface area (Å²) < 4.78 is 15.3. The Labute approximate surface area is 135 Å². The maximum Gasteiger partial charge on any atom is 0.123 e. The van der Waals surface area contributed by atoms with Crippen molar-refractivity contribution in [2.45, 2.75) is 26.4 Å². The lowest BCUT2D eigenvalue weighted by atomic mass is 9.99. The first-order valence-electron chi connectivity index (χ1n) is 7.78. The van der Waals surface area contributed by atoms with Crippen LogP contribution in [0.1, 0.15) is 31.0 Å². The van der Waals surface area contributed by atoms with Gasteiger partial charge in [-0.2, -0.15) is 0 Å². The molecule has 3 aromatic rings. The van der Waals surface area contributed by atoms with Crippen LogP contribution in [0.2, 0.25) is 0 Å². The van der Waals surface area contributed by atoms with Crippen molar-refractivity contribution in [3.63, 3.8) is 0 Å². The molecule has 0 aliphatic heterocycles. The smallest absolute Gasteiger partial charge is 0.123 e. The van der Waals surface area contributed by atoms with Crippen LogP contribution in [0.3, 0.4) is 0 Å². The number of para-hydroxylation sites is 1. The van der Waals surface area contributed by atoms with Crippen LogP contribution in [-0.2, 0) is 6.61 Å². The van der Waals surface area contributed by atoms with Gasteiger partial charge in [0.05, 0.1) is 6.61 Å². The maximum absolute atomic E-state index is 13.2. The number of halogens is 1. The predicted molar refractivity (Wildman–Crippen MR) is 91.2 cm³/mol. The normalized spacial score (nSPS) is 11.2. The number of aromatic nitrogens is 1. The third kappa shape index (κ3) is 2.92. The first-order chi connectivity index (χ1) is 11.1. The minimum atomic E-state index is -0.258. The molecule has 0 amide bonds. The molecular formula is C20H20FNO. The summed E-state index contributed by atoms with van der Waals surface area (Å²) in [5.41, 5.74) is 4.89. The van der Waals surface area contributed by atoms with Crippen LogP contribution in [-0.4, -0.2) is 9.67 Å². The van der Waals surface area contributed by atoms with E-state index in [1.165, 1.54) is 12.1 Å². The van der Waals surface area contributed by atoms with Gasteiger partial charge in [-0.1, -0.05) is 44.2 Å². The minimum Gasteiger partial charge on any atom is -0.392 e. The van der Waals surface area contributed by atoms with Gasteiger partial charge in [0.15, 0.2) is 0 Å². The first-order valence-corrected chi connectivity index (χ1v) is 7.78. The van der Waals surface area contributed by atoms with E-state index in [-0.39, 0.29) is 18.3 Å². The van der Waals surface area contributed by atoms with Crippen LogP contribution < -0.4 is 0 Å². The molecule has 0 saturated heterocycles. The summed E-state index contributed by atoms with van der Waals surface area (Å²) in [6, 6.07) is 16.5. The highest BCUT2D eigenvalue weighted by Crippen LogP contribution is 2.34. The zero-order chi connectivity index (χ0) is 16.4. The van der Waals surface area contributed by atoms with E-state index >= 15 is 0 Å². The Morgan fingerprint density at radius 1 is 1.00 bits per heavy atom. The molecule has 1 heterocycles. The average molecular weight is 309 g/mol. The molecule has 0 radical (unpaired) electrons. The van der Waals surface area contributed by atoms with Crippen molar-refractivity contribution in [3.8, 4) is 16.8 Å². The topological polar surface area (TPSA) is 25.2 Å². The molecule has 1 N–H and O–H groups in total. The maximum atomic E-state index is 13.2. The molecule has 1 aromatic heterocycles. The molecule has 2 nitrogen and oxygen atoms in total. The van der Waals surface area contributed by atoms with Crippen molar-refractivity contribution >= 4 is 0 Å². The second-order valence-corrected chi connectivity index (χ2v) is 5.93. The van der Waals surface area contributed by atoms with Crippen molar-refractivity contribution in [2.24, 2.45) is 0 Å². The van der Waals surface area contributed by atoms with Crippen LogP contribution >= 0.6 is 0 Å². The summed E-state index contributed by atoms with van der Waals surface area (Å²) in [5.74, 6) is -0.00238. The lowest BCUT2D eigenvalue weighted by molar-refractivity contribution is 0.280. The highest BCUT2D eigenvalue weighted by molar-refractivity contribution is 5.70. The Kier molecular flexibility index (Phi) is 4.30. The summed E-state index contributed by atoms with van der Waals surface area (Å²) in [7, 11) is 0. The monoisotopic (exact) mass is 309 g/mol. The molecule has 2 aromatic carbocycles. The van der Waals surface area contributed by atoms with Gasteiger partial charge in [0.2, 0.25) is 0 Å². The number of benzene rings is 2. The zero-order valence-electron chi connectivity index (χ0n) is 13.3. The molecule has 118 valence electrons. The van der Waals surface area contributed by atoms with Crippen molar-refractivity contribution in [2.75, 3.05) is 0 Å². The van der Waals surface area contributed by atoms with E-state index in [0.29, 0.717) is 0 Å².